The lowest BCUT2D eigenvalue weighted by Gasteiger charge is -2.26. The van der Waals surface area contributed by atoms with Crippen LogP contribution in [0.4, 0.5) is 0 Å². The molecule has 5 heteroatoms. The highest BCUT2D eigenvalue weighted by Gasteiger charge is 2.28. The molecule has 2 aromatic rings. The molecule has 1 atom stereocenters. The van der Waals surface area contributed by atoms with Crippen LogP contribution in [0.2, 0.25) is 10.0 Å². The van der Waals surface area contributed by atoms with Gasteiger partial charge in [-0.05, 0) is 30.5 Å². The van der Waals surface area contributed by atoms with Gasteiger partial charge in [0, 0.05) is 11.1 Å². The van der Waals surface area contributed by atoms with Gasteiger partial charge in [-0.3, -0.25) is 0 Å². The smallest absolute Gasteiger partial charge is 0.344 e. The van der Waals surface area contributed by atoms with Gasteiger partial charge in [-0.1, -0.05) is 47.5 Å². The molecule has 0 aliphatic carbocycles. The molecular formula is C16H12Cl2O3. The Balaban J connectivity index is 2.15. The van der Waals surface area contributed by atoms with Gasteiger partial charge in [0.1, 0.15) is 5.75 Å². The van der Waals surface area contributed by atoms with E-state index in [1.807, 2.05) is 18.2 Å². The number of aryl methyl sites for hydroxylation is 1. The number of hydrogen-bond acceptors (Lipinski definition) is 2. The maximum absolute atomic E-state index is 11.2. The molecular weight excluding hydrogens is 311 g/mol. The first-order valence-corrected chi connectivity index (χ1v) is 7.29. The minimum Gasteiger partial charge on any atom is -0.479 e. The molecule has 0 saturated carbocycles. The van der Waals surface area contributed by atoms with Crippen molar-refractivity contribution in [2.24, 2.45) is 0 Å². The Labute approximate surface area is 132 Å². The number of carboxylic acids is 1. The maximum atomic E-state index is 11.2. The predicted octanol–water partition coefficient (Wildman–Crippen LogP) is 4.44. The zero-order valence-electron chi connectivity index (χ0n) is 11.0. The largest absolute Gasteiger partial charge is 0.479 e. The van der Waals surface area contributed by atoms with E-state index in [9.17, 15) is 4.79 Å². The maximum Gasteiger partial charge on any atom is 0.344 e. The van der Waals surface area contributed by atoms with E-state index >= 15 is 0 Å². The van der Waals surface area contributed by atoms with Gasteiger partial charge in [0.15, 0.2) is 6.10 Å². The third-order valence-electron chi connectivity index (χ3n) is 3.54. The number of carbonyl (C=O) groups is 1. The first-order chi connectivity index (χ1) is 10.1. The van der Waals surface area contributed by atoms with Crippen molar-refractivity contribution in [3.05, 3.63) is 52.0 Å². The Hall–Kier alpha value is -1.71. The highest BCUT2D eigenvalue weighted by atomic mass is 35.5. The summed E-state index contributed by atoms with van der Waals surface area (Å²) in [5.74, 6) is -0.396. The van der Waals surface area contributed by atoms with Gasteiger partial charge in [0.25, 0.3) is 0 Å². The number of fused-ring (bicyclic) bond motifs is 1. The average Bonchev–Trinajstić information content (AvgIpc) is 2.46. The molecule has 0 fully saturated rings. The summed E-state index contributed by atoms with van der Waals surface area (Å²) in [6.45, 7) is 0. The quantitative estimate of drug-likeness (QED) is 0.889. The molecule has 0 radical (unpaired) electrons. The van der Waals surface area contributed by atoms with E-state index in [2.05, 4.69) is 0 Å². The molecule has 1 N–H and O–H groups in total. The molecule has 1 heterocycles. The first-order valence-electron chi connectivity index (χ1n) is 6.53. The van der Waals surface area contributed by atoms with Crippen LogP contribution < -0.4 is 4.74 Å². The molecule has 0 amide bonds. The van der Waals surface area contributed by atoms with E-state index in [1.165, 1.54) is 0 Å². The molecule has 2 aromatic carbocycles. The van der Waals surface area contributed by atoms with Crippen molar-refractivity contribution in [3.63, 3.8) is 0 Å². The summed E-state index contributed by atoms with van der Waals surface area (Å²) in [5.41, 5.74) is 2.37. The minimum absolute atomic E-state index is 0.460. The third-order valence-corrected chi connectivity index (χ3v) is 4.17. The third kappa shape index (κ3) is 2.59. The summed E-state index contributed by atoms with van der Waals surface area (Å²) >= 11 is 12.5. The van der Waals surface area contributed by atoms with Crippen LogP contribution in [0.15, 0.2) is 36.4 Å². The highest BCUT2D eigenvalue weighted by molar-refractivity contribution is 6.39. The monoisotopic (exact) mass is 322 g/mol. The Morgan fingerprint density at radius 3 is 2.48 bits per heavy atom. The molecule has 108 valence electrons. The van der Waals surface area contributed by atoms with Crippen molar-refractivity contribution >= 4 is 29.2 Å². The number of benzene rings is 2. The number of halogens is 2. The van der Waals surface area contributed by atoms with E-state index < -0.39 is 12.1 Å². The molecule has 0 aromatic heterocycles. The summed E-state index contributed by atoms with van der Waals surface area (Å²) < 4.78 is 5.67. The molecule has 1 unspecified atom stereocenters. The number of aliphatic carboxylic acids is 1. The topological polar surface area (TPSA) is 46.5 Å². The Bertz CT molecular complexity index is 692. The van der Waals surface area contributed by atoms with E-state index in [4.69, 9.17) is 33.0 Å². The molecule has 1 aliphatic rings. The fourth-order valence-electron chi connectivity index (χ4n) is 2.53. The van der Waals surface area contributed by atoms with Gasteiger partial charge in [-0.15, -0.1) is 0 Å². The van der Waals surface area contributed by atoms with Gasteiger partial charge < -0.3 is 9.84 Å². The van der Waals surface area contributed by atoms with Gasteiger partial charge >= 0.3 is 5.97 Å². The molecule has 0 spiro atoms. The lowest BCUT2D eigenvalue weighted by Crippen LogP contribution is -2.31. The molecule has 0 bridgehead atoms. The lowest BCUT2D eigenvalue weighted by atomic mass is 9.95. The number of para-hydroxylation sites is 1. The molecule has 0 saturated heterocycles. The molecule has 21 heavy (non-hydrogen) atoms. The fraction of sp³-hybridized carbons (Fsp3) is 0.188. The van der Waals surface area contributed by atoms with Crippen molar-refractivity contribution in [2.45, 2.75) is 18.9 Å². The van der Waals surface area contributed by atoms with E-state index in [0.717, 1.165) is 11.1 Å². The second-order valence-corrected chi connectivity index (χ2v) is 5.69. The van der Waals surface area contributed by atoms with Crippen molar-refractivity contribution in [1.29, 1.82) is 0 Å². The second-order valence-electron chi connectivity index (χ2n) is 4.87. The summed E-state index contributed by atoms with van der Waals surface area (Å²) in [4.78, 5) is 11.2. The van der Waals surface area contributed by atoms with Crippen LogP contribution in [0.1, 0.15) is 12.0 Å². The van der Waals surface area contributed by atoms with Gasteiger partial charge in [0.05, 0.1) is 10.0 Å². The summed E-state index contributed by atoms with van der Waals surface area (Å²) in [6.07, 6.45) is 0.282. The summed E-state index contributed by atoms with van der Waals surface area (Å²) in [7, 11) is 0. The molecule has 3 rings (SSSR count). The number of hydrogen-bond donors (Lipinski definition) is 1. The zero-order chi connectivity index (χ0) is 15.0. The van der Waals surface area contributed by atoms with E-state index in [-0.39, 0.29) is 0 Å². The van der Waals surface area contributed by atoms with Gasteiger partial charge in [0.2, 0.25) is 0 Å². The van der Waals surface area contributed by atoms with Crippen LogP contribution in [0, 0.1) is 0 Å². The predicted molar refractivity (Wildman–Crippen MR) is 82.3 cm³/mol. The van der Waals surface area contributed by atoms with E-state index in [1.54, 1.807) is 18.2 Å². The summed E-state index contributed by atoms with van der Waals surface area (Å²) in [5, 5.41) is 10.2. The second kappa shape index (κ2) is 5.58. The molecule has 3 nitrogen and oxygen atoms in total. The number of rotatable bonds is 2. The van der Waals surface area contributed by atoms with Crippen LogP contribution in [-0.2, 0) is 11.2 Å². The van der Waals surface area contributed by atoms with Crippen molar-refractivity contribution < 1.29 is 14.6 Å². The zero-order valence-corrected chi connectivity index (χ0v) is 12.5. The van der Waals surface area contributed by atoms with E-state index in [0.29, 0.717) is 34.2 Å². The Morgan fingerprint density at radius 1 is 1.14 bits per heavy atom. The van der Waals surface area contributed by atoms with Crippen LogP contribution in [-0.4, -0.2) is 17.2 Å². The molecule has 1 aliphatic heterocycles. The SMILES string of the molecule is O=C(O)C1CCc2cccc(-c3c(Cl)cccc3Cl)c2O1. The first kappa shape index (κ1) is 14.2. The Morgan fingerprint density at radius 2 is 1.81 bits per heavy atom. The van der Waals surface area contributed by atoms with Crippen molar-refractivity contribution in [1.82, 2.24) is 0 Å². The van der Waals surface area contributed by atoms with Gasteiger partial charge in [-0.2, -0.15) is 0 Å². The highest BCUT2D eigenvalue weighted by Crippen LogP contribution is 2.43. The Kier molecular flexibility index (Phi) is 3.79. The fourth-order valence-corrected chi connectivity index (χ4v) is 3.14. The van der Waals surface area contributed by atoms with Crippen LogP contribution >= 0.6 is 23.2 Å². The summed E-state index contributed by atoms with van der Waals surface area (Å²) in [6, 6.07) is 10.9. The number of ether oxygens (including phenoxy) is 1. The lowest BCUT2D eigenvalue weighted by molar-refractivity contribution is -0.145. The number of carboxylic acid groups (broad SMARTS) is 1. The normalized spacial score (nSPS) is 17.0. The minimum atomic E-state index is -0.958. The van der Waals surface area contributed by atoms with Crippen molar-refractivity contribution in [2.75, 3.05) is 0 Å². The van der Waals surface area contributed by atoms with Crippen LogP contribution in [0.5, 0.6) is 5.75 Å². The van der Waals surface area contributed by atoms with Gasteiger partial charge in [-0.25, -0.2) is 4.79 Å². The standard InChI is InChI=1S/C16H12Cl2O3/c17-11-5-2-6-12(18)14(11)10-4-1-3-9-7-8-13(16(19)20)21-15(9)10/h1-6,13H,7-8H2,(H,19,20). The average molecular weight is 323 g/mol. The van der Waals surface area contributed by atoms with Crippen molar-refractivity contribution in [3.8, 4) is 16.9 Å². The van der Waals surface area contributed by atoms with Crippen LogP contribution in [0.3, 0.4) is 0 Å². The van der Waals surface area contributed by atoms with Crippen LogP contribution in [0.25, 0.3) is 11.1 Å².